The summed E-state index contributed by atoms with van der Waals surface area (Å²) in [4.78, 5) is 36.0. The lowest BCUT2D eigenvalue weighted by molar-refractivity contribution is -0.131. The average molecular weight is 333 g/mol. The molecule has 1 aromatic heterocycles. The molecule has 1 atom stereocenters. The molecule has 0 bridgehead atoms. The molecule has 24 heavy (non-hydrogen) atoms. The van der Waals surface area contributed by atoms with E-state index in [-0.39, 0.29) is 23.8 Å². The van der Waals surface area contributed by atoms with Gasteiger partial charge in [-0.2, -0.15) is 0 Å². The fourth-order valence-corrected chi connectivity index (χ4v) is 3.31. The van der Waals surface area contributed by atoms with Crippen molar-refractivity contribution in [3.63, 3.8) is 0 Å². The van der Waals surface area contributed by atoms with Crippen LogP contribution in [0.25, 0.3) is 0 Å². The zero-order valence-electron chi connectivity index (χ0n) is 14.3. The van der Waals surface area contributed by atoms with Crippen molar-refractivity contribution >= 4 is 17.8 Å². The number of likely N-dealkylation sites (tertiary alicyclic amines) is 1. The number of nitrogens with zero attached hydrogens (tertiary/aromatic N) is 4. The third-order valence-corrected chi connectivity index (χ3v) is 4.59. The smallest absolute Gasteiger partial charge is 0.241 e. The number of rotatable bonds is 3. The lowest BCUT2D eigenvalue weighted by atomic mass is 9.80. The first-order chi connectivity index (χ1) is 11.4. The highest BCUT2D eigenvalue weighted by Gasteiger charge is 2.46. The van der Waals surface area contributed by atoms with E-state index in [1.165, 1.54) is 6.92 Å². The molecule has 1 fully saturated rings. The van der Waals surface area contributed by atoms with Gasteiger partial charge in [0.2, 0.25) is 17.8 Å². The second-order valence-corrected chi connectivity index (χ2v) is 6.69. The lowest BCUT2D eigenvalue weighted by Gasteiger charge is -2.34. The molecule has 1 N–H and O–H groups in total. The van der Waals surface area contributed by atoms with Gasteiger partial charge in [0.15, 0.2) is 0 Å². The molecule has 0 radical (unpaired) electrons. The number of aromatic nitrogens is 2. The topological polar surface area (TPSA) is 87.7 Å². The van der Waals surface area contributed by atoms with Crippen molar-refractivity contribution in [3.05, 3.63) is 17.5 Å². The van der Waals surface area contributed by atoms with E-state index in [1.54, 1.807) is 4.90 Å². The minimum Gasteiger partial charge on any atom is -0.376 e. The van der Waals surface area contributed by atoms with E-state index in [9.17, 15) is 9.59 Å². The second kappa shape index (κ2) is 6.35. The summed E-state index contributed by atoms with van der Waals surface area (Å²) in [6, 6.07) is 0. The lowest BCUT2D eigenvalue weighted by Crippen LogP contribution is -2.44. The molecular formula is C16H23N5O3. The number of hydrogen-bond acceptors (Lipinski definition) is 6. The van der Waals surface area contributed by atoms with Crippen LogP contribution in [0.2, 0.25) is 0 Å². The van der Waals surface area contributed by atoms with Crippen LogP contribution in [0, 0.1) is 0 Å². The molecule has 2 aliphatic heterocycles. The summed E-state index contributed by atoms with van der Waals surface area (Å²) in [6.45, 7) is 3.69. The van der Waals surface area contributed by atoms with Gasteiger partial charge in [-0.15, -0.1) is 0 Å². The minimum atomic E-state index is -0.285. The first-order valence-electron chi connectivity index (χ1n) is 8.05. The summed E-state index contributed by atoms with van der Waals surface area (Å²) in [5.74, 6) is 0.390. The summed E-state index contributed by atoms with van der Waals surface area (Å²) in [7, 11) is 3.82. The van der Waals surface area contributed by atoms with Crippen molar-refractivity contribution in [2.24, 2.45) is 0 Å². The van der Waals surface area contributed by atoms with E-state index in [4.69, 9.17) is 9.72 Å². The molecule has 130 valence electrons. The van der Waals surface area contributed by atoms with Gasteiger partial charge < -0.3 is 19.9 Å². The van der Waals surface area contributed by atoms with E-state index >= 15 is 0 Å². The highest BCUT2D eigenvalue weighted by Crippen LogP contribution is 2.39. The summed E-state index contributed by atoms with van der Waals surface area (Å²) >= 11 is 0. The Morgan fingerprint density at radius 2 is 2.25 bits per heavy atom. The van der Waals surface area contributed by atoms with Crippen LogP contribution < -0.4 is 10.2 Å². The van der Waals surface area contributed by atoms with Gasteiger partial charge in [-0.1, -0.05) is 0 Å². The zero-order chi connectivity index (χ0) is 17.3. The van der Waals surface area contributed by atoms with E-state index in [0.717, 1.165) is 17.7 Å². The van der Waals surface area contributed by atoms with Crippen molar-refractivity contribution in [2.75, 3.05) is 45.2 Å². The molecule has 3 rings (SSSR count). The molecule has 1 spiro atoms. The maximum absolute atomic E-state index is 12.3. The molecule has 8 heteroatoms. The largest absolute Gasteiger partial charge is 0.376 e. The van der Waals surface area contributed by atoms with Crippen molar-refractivity contribution in [1.82, 2.24) is 20.2 Å². The normalized spacial score (nSPS) is 22.4. The summed E-state index contributed by atoms with van der Waals surface area (Å²) in [6.07, 6.45) is 2.62. The zero-order valence-corrected chi connectivity index (χ0v) is 14.3. The molecule has 0 saturated carbocycles. The maximum Gasteiger partial charge on any atom is 0.241 e. The second-order valence-electron chi connectivity index (χ2n) is 6.69. The number of carbonyl (C=O) groups is 2. The van der Waals surface area contributed by atoms with Crippen molar-refractivity contribution in [1.29, 1.82) is 0 Å². The molecule has 3 heterocycles. The van der Waals surface area contributed by atoms with Crippen LogP contribution in [0.15, 0.2) is 6.20 Å². The predicted molar refractivity (Wildman–Crippen MR) is 87.6 cm³/mol. The number of fused-ring (bicyclic) bond motifs is 2. The van der Waals surface area contributed by atoms with Gasteiger partial charge >= 0.3 is 0 Å². The standard InChI is InChI=1S/C16H23N5O3/c1-11(22)17-7-13(23)21-5-4-16(9-21)10-24-8-12-6-18-15(20(2)3)19-14(12)16/h6H,4-5,7-10H2,1-3H3,(H,17,22). The summed E-state index contributed by atoms with van der Waals surface area (Å²) < 4.78 is 5.76. The molecule has 1 unspecified atom stereocenters. The third kappa shape index (κ3) is 3.06. The van der Waals surface area contributed by atoms with Gasteiger partial charge in [0.25, 0.3) is 0 Å². The molecule has 1 saturated heterocycles. The Kier molecular flexibility index (Phi) is 4.40. The highest BCUT2D eigenvalue weighted by molar-refractivity contribution is 5.84. The van der Waals surface area contributed by atoms with Gasteiger partial charge in [-0.05, 0) is 6.42 Å². The van der Waals surface area contributed by atoms with Crippen LogP contribution in [0.3, 0.4) is 0 Å². The van der Waals surface area contributed by atoms with E-state index in [1.807, 2.05) is 25.2 Å². The monoisotopic (exact) mass is 333 g/mol. The van der Waals surface area contributed by atoms with Crippen LogP contribution in [0.5, 0.6) is 0 Å². The highest BCUT2D eigenvalue weighted by atomic mass is 16.5. The first kappa shape index (κ1) is 16.6. The van der Waals surface area contributed by atoms with Crippen molar-refractivity contribution in [3.8, 4) is 0 Å². The molecule has 2 aliphatic rings. The van der Waals surface area contributed by atoms with Gasteiger partial charge in [-0.25, -0.2) is 9.97 Å². The molecule has 2 amide bonds. The molecule has 1 aromatic rings. The quantitative estimate of drug-likeness (QED) is 0.816. The Balaban J connectivity index is 1.82. The Hall–Kier alpha value is -2.22. The van der Waals surface area contributed by atoms with Crippen LogP contribution >= 0.6 is 0 Å². The number of amides is 2. The van der Waals surface area contributed by atoms with Crippen molar-refractivity contribution < 1.29 is 14.3 Å². The maximum atomic E-state index is 12.3. The van der Waals surface area contributed by atoms with E-state index < -0.39 is 0 Å². The fraction of sp³-hybridized carbons (Fsp3) is 0.625. The minimum absolute atomic E-state index is 0.0336. The number of nitrogens with one attached hydrogen (secondary N) is 1. The molecule has 0 aromatic carbocycles. The van der Waals surface area contributed by atoms with Gasteiger partial charge in [0, 0.05) is 45.9 Å². The Bertz CT molecular complexity index is 663. The van der Waals surface area contributed by atoms with Crippen LogP contribution in [-0.4, -0.2) is 67.0 Å². The number of hydrogen-bond donors (Lipinski definition) is 1. The Labute approximate surface area is 141 Å². The van der Waals surface area contributed by atoms with Crippen molar-refractivity contribution in [2.45, 2.75) is 25.4 Å². The van der Waals surface area contributed by atoms with Crippen LogP contribution in [-0.2, 0) is 26.3 Å². The van der Waals surface area contributed by atoms with Crippen LogP contribution in [0.1, 0.15) is 24.6 Å². The van der Waals surface area contributed by atoms with Gasteiger partial charge in [0.05, 0.1) is 30.9 Å². The average Bonchev–Trinajstić information content (AvgIpc) is 2.97. The molecule has 8 nitrogen and oxygen atoms in total. The Morgan fingerprint density at radius 1 is 1.46 bits per heavy atom. The molecular weight excluding hydrogens is 310 g/mol. The van der Waals surface area contributed by atoms with Gasteiger partial charge in [0.1, 0.15) is 0 Å². The Morgan fingerprint density at radius 3 is 2.96 bits per heavy atom. The van der Waals surface area contributed by atoms with Crippen LogP contribution in [0.4, 0.5) is 5.95 Å². The van der Waals surface area contributed by atoms with E-state index in [2.05, 4.69) is 10.3 Å². The molecule has 0 aliphatic carbocycles. The summed E-state index contributed by atoms with van der Waals surface area (Å²) in [5.41, 5.74) is 1.69. The van der Waals surface area contributed by atoms with E-state index in [0.29, 0.717) is 32.3 Å². The predicted octanol–water partition coefficient (Wildman–Crippen LogP) is -0.321. The SMILES string of the molecule is CC(=O)NCC(=O)N1CCC2(COCc3cnc(N(C)C)nc32)C1. The summed E-state index contributed by atoms with van der Waals surface area (Å²) in [5, 5.41) is 2.56. The number of anilines is 1. The number of ether oxygens (including phenoxy) is 1. The first-order valence-corrected chi connectivity index (χ1v) is 8.05. The van der Waals surface area contributed by atoms with Gasteiger partial charge in [-0.3, -0.25) is 9.59 Å². The number of carbonyl (C=O) groups excluding carboxylic acids is 2. The third-order valence-electron chi connectivity index (χ3n) is 4.59. The fourth-order valence-electron chi connectivity index (χ4n) is 3.31.